The van der Waals surface area contributed by atoms with Crippen molar-refractivity contribution >= 4 is 35.0 Å². The number of imide groups is 1. The smallest absolute Gasteiger partial charge is 0.326 e. The lowest BCUT2D eigenvalue weighted by Crippen LogP contribution is -2.37. The van der Waals surface area contributed by atoms with Gasteiger partial charge in [0.05, 0.1) is 12.0 Å². The highest BCUT2D eigenvalue weighted by atomic mass is 32.2. The summed E-state index contributed by atoms with van der Waals surface area (Å²) in [7, 11) is 1.50. The summed E-state index contributed by atoms with van der Waals surface area (Å²) in [6, 6.07) is 3.36. The van der Waals surface area contributed by atoms with E-state index in [4.69, 9.17) is 18.9 Å². The Labute approximate surface area is 160 Å². The molecule has 9 heteroatoms. The van der Waals surface area contributed by atoms with Crippen molar-refractivity contribution in [3.63, 3.8) is 0 Å². The van der Waals surface area contributed by atoms with Gasteiger partial charge in [0.25, 0.3) is 11.1 Å². The second-order valence-corrected chi connectivity index (χ2v) is 7.80. The molecule has 0 spiro atoms. The van der Waals surface area contributed by atoms with Crippen LogP contribution >= 0.6 is 11.8 Å². The lowest BCUT2D eigenvalue weighted by atomic mass is 10.1. The number of thioether (sulfide) groups is 1. The van der Waals surface area contributed by atoms with E-state index in [1.807, 2.05) is 0 Å². The molecule has 0 aliphatic carbocycles. The Morgan fingerprint density at radius 2 is 2.04 bits per heavy atom. The summed E-state index contributed by atoms with van der Waals surface area (Å²) >= 11 is 0.761. The predicted octanol–water partition coefficient (Wildman–Crippen LogP) is 2.80. The van der Waals surface area contributed by atoms with Gasteiger partial charge in [-0.05, 0) is 56.3 Å². The molecule has 0 unspecified atom stereocenters. The SMILES string of the molecule is COc1cc(/C=C2\SC(=O)N(CC(=O)OC(C)(C)C)C2=O)cc2c1OCO2. The van der Waals surface area contributed by atoms with Crippen LogP contribution < -0.4 is 14.2 Å². The highest BCUT2D eigenvalue weighted by Crippen LogP contribution is 2.43. The molecule has 27 heavy (non-hydrogen) atoms. The predicted molar refractivity (Wildman–Crippen MR) is 97.6 cm³/mol. The summed E-state index contributed by atoms with van der Waals surface area (Å²) in [5.41, 5.74) is -0.0866. The van der Waals surface area contributed by atoms with E-state index in [1.165, 1.54) is 7.11 Å². The molecule has 0 radical (unpaired) electrons. The van der Waals surface area contributed by atoms with Gasteiger partial charge in [-0.15, -0.1) is 0 Å². The summed E-state index contributed by atoms with van der Waals surface area (Å²) < 4.78 is 21.1. The fourth-order valence-electron chi connectivity index (χ4n) is 2.52. The Morgan fingerprint density at radius 3 is 2.70 bits per heavy atom. The van der Waals surface area contributed by atoms with E-state index in [2.05, 4.69) is 0 Å². The number of carbonyl (C=O) groups is 3. The minimum atomic E-state index is -0.697. The number of benzene rings is 1. The minimum absolute atomic E-state index is 0.0849. The molecule has 0 aromatic heterocycles. The Morgan fingerprint density at radius 1 is 1.30 bits per heavy atom. The Balaban J connectivity index is 1.80. The molecule has 0 atom stereocenters. The van der Waals surface area contributed by atoms with Gasteiger partial charge in [-0.25, -0.2) is 0 Å². The molecule has 0 saturated carbocycles. The average Bonchev–Trinajstić information content (AvgIpc) is 3.13. The number of hydrogen-bond acceptors (Lipinski definition) is 8. The number of methoxy groups -OCH3 is 1. The van der Waals surface area contributed by atoms with Crippen LogP contribution in [0.2, 0.25) is 0 Å². The monoisotopic (exact) mass is 393 g/mol. The third-order valence-corrected chi connectivity index (χ3v) is 4.47. The third-order valence-electron chi connectivity index (χ3n) is 3.56. The molecule has 0 N–H and O–H groups in total. The van der Waals surface area contributed by atoms with Gasteiger partial charge in [-0.1, -0.05) is 0 Å². The van der Waals surface area contributed by atoms with Crippen molar-refractivity contribution in [3.8, 4) is 17.2 Å². The number of fused-ring (bicyclic) bond motifs is 1. The standard InChI is InChI=1S/C18H19NO7S/c1-18(2,3)26-14(20)8-19-16(21)13(27-17(19)22)7-10-5-11(23-4)15-12(6-10)24-9-25-15/h5-7H,8-9H2,1-4H3/b13-7-. The number of esters is 1. The van der Waals surface area contributed by atoms with E-state index >= 15 is 0 Å². The zero-order valence-electron chi connectivity index (χ0n) is 15.4. The second-order valence-electron chi connectivity index (χ2n) is 6.81. The third kappa shape index (κ3) is 4.19. The molecule has 144 valence electrons. The van der Waals surface area contributed by atoms with Crippen molar-refractivity contribution in [1.82, 2.24) is 4.90 Å². The van der Waals surface area contributed by atoms with Gasteiger partial charge in [-0.3, -0.25) is 19.3 Å². The highest BCUT2D eigenvalue weighted by molar-refractivity contribution is 8.18. The summed E-state index contributed by atoms with van der Waals surface area (Å²) in [4.78, 5) is 37.7. The topological polar surface area (TPSA) is 91.4 Å². The molecule has 1 fully saturated rings. The molecule has 2 heterocycles. The zero-order valence-corrected chi connectivity index (χ0v) is 16.2. The number of amides is 2. The minimum Gasteiger partial charge on any atom is -0.493 e. The van der Waals surface area contributed by atoms with Crippen molar-refractivity contribution < 1.29 is 33.3 Å². The molecule has 1 saturated heterocycles. The van der Waals surface area contributed by atoms with Gasteiger partial charge in [0.15, 0.2) is 11.5 Å². The van der Waals surface area contributed by atoms with Gasteiger partial charge < -0.3 is 18.9 Å². The second kappa shape index (κ2) is 7.15. The molecule has 8 nitrogen and oxygen atoms in total. The molecule has 3 rings (SSSR count). The average molecular weight is 393 g/mol. The first-order valence-electron chi connectivity index (χ1n) is 8.13. The van der Waals surface area contributed by atoms with Crippen LogP contribution in [0.5, 0.6) is 17.2 Å². The maximum Gasteiger partial charge on any atom is 0.326 e. The van der Waals surface area contributed by atoms with E-state index in [0.29, 0.717) is 22.8 Å². The van der Waals surface area contributed by atoms with Crippen LogP contribution in [0.4, 0.5) is 4.79 Å². The molecule has 0 bridgehead atoms. The Hall–Kier alpha value is -2.68. The van der Waals surface area contributed by atoms with Crippen LogP contribution in [-0.2, 0) is 14.3 Å². The number of rotatable bonds is 4. The van der Waals surface area contributed by atoms with Crippen LogP contribution in [0.25, 0.3) is 6.08 Å². The van der Waals surface area contributed by atoms with Crippen LogP contribution in [0.3, 0.4) is 0 Å². The zero-order chi connectivity index (χ0) is 19.8. The lowest BCUT2D eigenvalue weighted by Gasteiger charge is -2.21. The maximum absolute atomic E-state index is 12.5. The van der Waals surface area contributed by atoms with Crippen molar-refractivity contribution in [3.05, 3.63) is 22.6 Å². The van der Waals surface area contributed by atoms with Crippen LogP contribution in [0, 0.1) is 0 Å². The van der Waals surface area contributed by atoms with Crippen molar-refractivity contribution in [2.24, 2.45) is 0 Å². The highest BCUT2D eigenvalue weighted by Gasteiger charge is 2.37. The molecule has 1 aromatic rings. The molecule has 1 aromatic carbocycles. The van der Waals surface area contributed by atoms with E-state index in [9.17, 15) is 14.4 Å². The number of carbonyl (C=O) groups excluding carboxylic acids is 3. The van der Waals surface area contributed by atoms with E-state index in [0.717, 1.165) is 16.7 Å². The van der Waals surface area contributed by atoms with E-state index in [-0.39, 0.29) is 11.7 Å². The number of nitrogens with zero attached hydrogens (tertiary/aromatic N) is 1. The van der Waals surface area contributed by atoms with Gasteiger partial charge in [0.2, 0.25) is 12.5 Å². The first kappa shape index (κ1) is 19.1. The molecule has 2 aliphatic heterocycles. The van der Waals surface area contributed by atoms with Crippen molar-refractivity contribution in [2.75, 3.05) is 20.4 Å². The molecular formula is C18H19NO7S. The van der Waals surface area contributed by atoms with E-state index in [1.54, 1.807) is 39.0 Å². The summed E-state index contributed by atoms with van der Waals surface area (Å²) in [6.07, 6.45) is 1.55. The number of ether oxygens (including phenoxy) is 4. The van der Waals surface area contributed by atoms with E-state index < -0.39 is 29.3 Å². The Kier molecular flexibility index (Phi) is 5.05. The first-order valence-corrected chi connectivity index (χ1v) is 8.94. The lowest BCUT2D eigenvalue weighted by molar-refractivity contribution is -0.156. The largest absolute Gasteiger partial charge is 0.493 e. The fraction of sp³-hybridized carbons (Fsp3) is 0.389. The first-order chi connectivity index (χ1) is 12.7. The Bertz CT molecular complexity index is 841. The van der Waals surface area contributed by atoms with Crippen LogP contribution in [0.1, 0.15) is 26.3 Å². The van der Waals surface area contributed by atoms with Gasteiger partial charge in [0, 0.05) is 0 Å². The van der Waals surface area contributed by atoms with Gasteiger partial charge >= 0.3 is 5.97 Å². The summed E-state index contributed by atoms with van der Waals surface area (Å²) in [5, 5.41) is -0.523. The van der Waals surface area contributed by atoms with Crippen LogP contribution in [0.15, 0.2) is 17.0 Å². The van der Waals surface area contributed by atoms with Gasteiger partial charge in [0.1, 0.15) is 12.1 Å². The molecule has 2 aliphatic rings. The fourth-order valence-corrected chi connectivity index (χ4v) is 3.36. The van der Waals surface area contributed by atoms with Crippen LogP contribution in [-0.4, -0.2) is 48.1 Å². The van der Waals surface area contributed by atoms with Crippen molar-refractivity contribution in [1.29, 1.82) is 0 Å². The number of hydrogen-bond donors (Lipinski definition) is 0. The van der Waals surface area contributed by atoms with Crippen molar-refractivity contribution in [2.45, 2.75) is 26.4 Å². The molecular weight excluding hydrogens is 374 g/mol. The summed E-state index contributed by atoms with van der Waals surface area (Å²) in [5.74, 6) is 0.258. The maximum atomic E-state index is 12.5. The quantitative estimate of drug-likeness (QED) is 0.570. The normalized spacial score (nSPS) is 17.6. The van der Waals surface area contributed by atoms with Gasteiger partial charge in [-0.2, -0.15) is 0 Å². The molecule has 2 amide bonds. The summed E-state index contributed by atoms with van der Waals surface area (Å²) in [6.45, 7) is 4.80.